The third-order valence-electron chi connectivity index (χ3n) is 1.94. The molecule has 1 aromatic rings. The Kier molecular flexibility index (Phi) is 5.19. The number of rotatable bonds is 6. The first-order valence-corrected chi connectivity index (χ1v) is 6.56. The molecule has 0 unspecified atom stereocenters. The average molecular weight is 247 g/mol. The van der Waals surface area contributed by atoms with Gasteiger partial charge in [-0.1, -0.05) is 18.5 Å². The first-order valence-electron chi connectivity index (χ1n) is 5.02. The van der Waals surface area contributed by atoms with Crippen molar-refractivity contribution in [2.24, 2.45) is 0 Å². The zero-order valence-electron chi connectivity index (χ0n) is 8.99. The van der Waals surface area contributed by atoms with Crippen molar-refractivity contribution in [1.29, 1.82) is 0 Å². The number of halogens is 1. The lowest BCUT2D eigenvalue weighted by Crippen LogP contribution is -2.12. The summed E-state index contributed by atoms with van der Waals surface area (Å²) in [7, 11) is 0. The van der Waals surface area contributed by atoms with E-state index in [1.807, 2.05) is 6.92 Å². The van der Waals surface area contributed by atoms with Crippen molar-refractivity contribution >= 4 is 29.1 Å². The Morgan fingerprint density at radius 2 is 2.33 bits per heavy atom. The number of hydrogen-bond acceptors (Lipinski definition) is 3. The molecule has 0 saturated carbocycles. The number of thioether (sulfide) groups is 1. The molecule has 84 valence electrons. The number of ketones is 1. The predicted octanol–water partition coefficient (Wildman–Crippen LogP) is 2.88. The molecule has 0 aromatic carbocycles. The van der Waals surface area contributed by atoms with Crippen LogP contribution in [0.15, 0.2) is 6.20 Å². The third kappa shape index (κ3) is 3.24. The van der Waals surface area contributed by atoms with Gasteiger partial charge in [-0.2, -0.15) is 16.9 Å². The minimum Gasteiger partial charge on any atom is -0.291 e. The van der Waals surface area contributed by atoms with Crippen molar-refractivity contribution in [3.8, 4) is 0 Å². The van der Waals surface area contributed by atoms with E-state index in [0.717, 1.165) is 12.2 Å². The fourth-order valence-corrected chi connectivity index (χ4v) is 2.26. The van der Waals surface area contributed by atoms with E-state index >= 15 is 0 Å². The van der Waals surface area contributed by atoms with E-state index in [4.69, 9.17) is 11.6 Å². The summed E-state index contributed by atoms with van der Waals surface area (Å²) in [5.41, 5.74) is 0.544. The summed E-state index contributed by atoms with van der Waals surface area (Å²) in [5, 5.41) is 4.50. The zero-order valence-corrected chi connectivity index (χ0v) is 10.6. The van der Waals surface area contributed by atoms with Gasteiger partial charge in [0.15, 0.2) is 5.78 Å². The molecule has 0 aliphatic heterocycles. The molecule has 1 aromatic heterocycles. The number of hydrogen-bond donors (Lipinski definition) is 0. The molecule has 0 aliphatic rings. The van der Waals surface area contributed by atoms with Crippen molar-refractivity contribution < 1.29 is 4.79 Å². The highest BCUT2D eigenvalue weighted by Gasteiger charge is 2.16. The maximum atomic E-state index is 11.8. The number of aromatic nitrogens is 2. The van der Waals surface area contributed by atoms with Crippen LogP contribution >= 0.6 is 23.4 Å². The molecule has 5 heteroatoms. The van der Waals surface area contributed by atoms with Crippen LogP contribution in [0.3, 0.4) is 0 Å². The second-order valence-electron chi connectivity index (χ2n) is 3.13. The van der Waals surface area contributed by atoms with Gasteiger partial charge in [0.1, 0.15) is 5.69 Å². The summed E-state index contributed by atoms with van der Waals surface area (Å²) in [6, 6.07) is 0. The Hall–Kier alpha value is -0.480. The van der Waals surface area contributed by atoms with Crippen LogP contribution in [-0.4, -0.2) is 27.1 Å². The Balaban J connectivity index is 2.67. The summed E-state index contributed by atoms with van der Waals surface area (Å²) in [5.74, 6) is 1.56. The van der Waals surface area contributed by atoms with E-state index < -0.39 is 0 Å². The van der Waals surface area contributed by atoms with Crippen LogP contribution in [-0.2, 0) is 6.54 Å². The highest BCUT2D eigenvalue weighted by molar-refractivity contribution is 7.99. The van der Waals surface area contributed by atoms with Crippen LogP contribution < -0.4 is 0 Å². The SMILES string of the molecule is CCCSCC(=O)c1c(Cl)cnn1CC. The number of carbonyl (C=O) groups excluding carboxylic acids is 1. The van der Waals surface area contributed by atoms with E-state index in [0.29, 0.717) is 23.0 Å². The van der Waals surface area contributed by atoms with Crippen molar-refractivity contribution in [1.82, 2.24) is 9.78 Å². The van der Waals surface area contributed by atoms with E-state index in [2.05, 4.69) is 12.0 Å². The van der Waals surface area contributed by atoms with E-state index in [9.17, 15) is 4.79 Å². The highest BCUT2D eigenvalue weighted by atomic mass is 35.5. The molecule has 0 spiro atoms. The van der Waals surface area contributed by atoms with Crippen LogP contribution in [0, 0.1) is 0 Å². The number of Topliss-reactive ketones (excluding diaryl/α,β-unsaturated/α-hetero) is 1. The Labute approximate surface area is 99.2 Å². The molecule has 0 atom stereocenters. The predicted molar refractivity (Wildman–Crippen MR) is 64.9 cm³/mol. The van der Waals surface area contributed by atoms with Gasteiger partial charge < -0.3 is 0 Å². The first kappa shape index (κ1) is 12.6. The molecule has 3 nitrogen and oxygen atoms in total. The summed E-state index contributed by atoms with van der Waals surface area (Å²) in [6.45, 7) is 4.71. The van der Waals surface area contributed by atoms with Gasteiger partial charge in [-0.25, -0.2) is 0 Å². The van der Waals surface area contributed by atoms with Crippen LogP contribution in [0.1, 0.15) is 30.8 Å². The van der Waals surface area contributed by atoms with E-state index in [1.54, 1.807) is 16.4 Å². The largest absolute Gasteiger partial charge is 0.291 e. The van der Waals surface area contributed by atoms with Crippen LogP contribution in [0.2, 0.25) is 5.02 Å². The summed E-state index contributed by atoms with van der Waals surface area (Å²) in [6.07, 6.45) is 2.61. The van der Waals surface area contributed by atoms with E-state index in [-0.39, 0.29) is 5.78 Å². The third-order valence-corrected chi connectivity index (χ3v) is 3.38. The van der Waals surface area contributed by atoms with Crippen LogP contribution in [0.5, 0.6) is 0 Å². The normalized spacial score (nSPS) is 10.6. The number of carbonyl (C=O) groups is 1. The summed E-state index contributed by atoms with van der Waals surface area (Å²) >= 11 is 7.56. The summed E-state index contributed by atoms with van der Waals surface area (Å²) < 4.78 is 1.65. The van der Waals surface area contributed by atoms with Gasteiger partial charge >= 0.3 is 0 Å². The Morgan fingerprint density at radius 1 is 1.60 bits per heavy atom. The lowest BCUT2D eigenvalue weighted by Gasteiger charge is -2.03. The fraction of sp³-hybridized carbons (Fsp3) is 0.600. The quantitative estimate of drug-likeness (QED) is 0.572. The molecule has 0 fully saturated rings. The standard InChI is InChI=1S/C10H15ClN2OS/c1-3-5-15-7-9(14)10-8(11)6-12-13(10)4-2/h6H,3-5,7H2,1-2H3. The maximum absolute atomic E-state index is 11.8. The van der Waals surface area contributed by atoms with Gasteiger partial charge in [0, 0.05) is 6.54 Å². The maximum Gasteiger partial charge on any atom is 0.192 e. The second kappa shape index (κ2) is 6.18. The molecular formula is C10H15ClN2OS. The van der Waals surface area contributed by atoms with Crippen molar-refractivity contribution in [3.05, 3.63) is 16.9 Å². The molecule has 1 heterocycles. The van der Waals surface area contributed by atoms with Gasteiger partial charge in [-0.3, -0.25) is 9.48 Å². The van der Waals surface area contributed by atoms with Crippen molar-refractivity contribution in [2.75, 3.05) is 11.5 Å². The molecule has 0 amide bonds. The Morgan fingerprint density at radius 3 is 2.93 bits per heavy atom. The monoisotopic (exact) mass is 246 g/mol. The highest BCUT2D eigenvalue weighted by Crippen LogP contribution is 2.17. The Bertz CT molecular complexity index is 338. The lowest BCUT2D eigenvalue weighted by molar-refractivity contribution is 0.101. The fourth-order valence-electron chi connectivity index (χ4n) is 1.26. The first-order chi connectivity index (χ1) is 7.20. The van der Waals surface area contributed by atoms with E-state index in [1.165, 1.54) is 6.20 Å². The number of nitrogens with zero attached hydrogens (tertiary/aromatic N) is 2. The van der Waals surface area contributed by atoms with Crippen LogP contribution in [0.25, 0.3) is 0 Å². The van der Waals surface area contributed by atoms with Gasteiger partial charge in [0.05, 0.1) is 17.0 Å². The van der Waals surface area contributed by atoms with Gasteiger partial charge in [0.2, 0.25) is 0 Å². The smallest absolute Gasteiger partial charge is 0.192 e. The molecule has 1 rings (SSSR count). The molecule has 0 radical (unpaired) electrons. The van der Waals surface area contributed by atoms with Gasteiger partial charge in [-0.15, -0.1) is 0 Å². The molecule has 15 heavy (non-hydrogen) atoms. The molecule has 0 saturated heterocycles. The minimum absolute atomic E-state index is 0.0674. The van der Waals surface area contributed by atoms with Gasteiger partial charge in [0.25, 0.3) is 0 Å². The molecule has 0 bridgehead atoms. The van der Waals surface area contributed by atoms with Gasteiger partial charge in [-0.05, 0) is 19.1 Å². The van der Waals surface area contributed by atoms with Crippen molar-refractivity contribution in [3.63, 3.8) is 0 Å². The molecule has 0 aliphatic carbocycles. The molecule has 0 N–H and O–H groups in total. The van der Waals surface area contributed by atoms with Crippen molar-refractivity contribution in [2.45, 2.75) is 26.8 Å². The summed E-state index contributed by atoms with van der Waals surface area (Å²) in [4.78, 5) is 11.8. The second-order valence-corrected chi connectivity index (χ2v) is 4.65. The minimum atomic E-state index is 0.0674. The number of aryl methyl sites for hydroxylation is 1. The van der Waals surface area contributed by atoms with Crippen LogP contribution in [0.4, 0.5) is 0 Å². The molecular weight excluding hydrogens is 232 g/mol. The lowest BCUT2D eigenvalue weighted by atomic mass is 10.3. The zero-order chi connectivity index (χ0) is 11.3. The topological polar surface area (TPSA) is 34.9 Å². The average Bonchev–Trinajstić information content (AvgIpc) is 2.59.